The number of aromatic nitrogens is 2. The van der Waals surface area contributed by atoms with E-state index in [9.17, 15) is 4.79 Å². The maximum Gasteiger partial charge on any atom is 0.181 e. The fourth-order valence-corrected chi connectivity index (χ4v) is 3.26. The maximum atomic E-state index is 12.8. The van der Waals surface area contributed by atoms with Crippen LogP contribution in [0.5, 0.6) is 0 Å². The number of nitrogens with zero attached hydrogens (tertiary/aromatic N) is 1. The van der Waals surface area contributed by atoms with Gasteiger partial charge in [0.25, 0.3) is 0 Å². The molecule has 2 N–H and O–H groups in total. The van der Waals surface area contributed by atoms with Crippen molar-refractivity contribution < 1.29 is 4.79 Å². The van der Waals surface area contributed by atoms with Gasteiger partial charge in [-0.1, -0.05) is 24.3 Å². The Hall–Kier alpha value is -2.46. The highest BCUT2D eigenvalue weighted by atomic mass is 16.1. The van der Waals surface area contributed by atoms with E-state index >= 15 is 0 Å². The van der Waals surface area contributed by atoms with Gasteiger partial charge in [0, 0.05) is 41.1 Å². The van der Waals surface area contributed by atoms with Crippen molar-refractivity contribution in [3.05, 3.63) is 66.1 Å². The van der Waals surface area contributed by atoms with Crippen LogP contribution >= 0.6 is 0 Å². The number of hydrogen-bond acceptors (Lipinski definition) is 3. The number of Topliss-reactive ketones (excluding diaryl/α,β-unsaturated/α-hetero) is 1. The number of H-pyrrole nitrogens is 1. The van der Waals surface area contributed by atoms with Gasteiger partial charge in [0.1, 0.15) is 0 Å². The molecular weight excluding hydrogens is 274 g/mol. The van der Waals surface area contributed by atoms with Crippen LogP contribution in [0.2, 0.25) is 0 Å². The van der Waals surface area contributed by atoms with Gasteiger partial charge in [-0.25, -0.2) is 0 Å². The maximum absolute atomic E-state index is 12.8. The third-order valence-electron chi connectivity index (χ3n) is 4.40. The fraction of sp³-hybridized carbons (Fsp3) is 0.222. The van der Waals surface area contributed by atoms with Crippen molar-refractivity contribution >= 4 is 16.7 Å². The first-order chi connectivity index (χ1) is 10.8. The summed E-state index contributed by atoms with van der Waals surface area (Å²) in [5.74, 6) is 0.170. The Balaban J connectivity index is 1.57. The van der Waals surface area contributed by atoms with Crippen LogP contribution < -0.4 is 5.32 Å². The first-order valence-electron chi connectivity index (χ1n) is 7.59. The third-order valence-corrected chi connectivity index (χ3v) is 4.40. The average Bonchev–Trinajstić information content (AvgIpc) is 3.22. The van der Waals surface area contributed by atoms with Crippen molar-refractivity contribution in [2.24, 2.45) is 0 Å². The Morgan fingerprint density at radius 3 is 2.91 bits per heavy atom. The average molecular weight is 291 g/mol. The van der Waals surface area contributed by atoms with Gasteiger partial charge in [0.2, 0.25) is 0 Å². The molecule has 1 aromatic carbocycles. The van der Waals surface area contributed by atoms with Gasteiger partial charge < -0.3 is 10.3 Å². The first kappa shape index (κ1) is 13.2. The fourth-order valence-electron chi connectivity index (χ4n) is 3.26. The highest BCUT2D eigenvalue weighted by molar-refractivity contribution is 6.10. The monoisotopic (exact) mass is 291 g/mol. The van der Waals surface area contributed by atoms with Crippen molar-refractivity contribution in [3.63, 3.8) is 0 Å². The number of ketones is 1. The lowest BCUT2D eigenvalue weighted by Crippen LogP contribution is -2.32. The Kier molecular flexibility index (Phi) is 3.24. The number of benzene rings is 1. The van der Waals surface area contributed by atoms with Crippen LogP contribution in [0, 0.1) is 0 Å². The molecule has 1 saturated heterocycles. The van der Waals surface area contributed by atoms with Crippen molar-refractivity contribution in [1.29, 1.82) is 0 Å². The second kappa shape index (κ2) is 5.39. The molecule has 0 saturated carbocycles. The number of hydrogen-bond donors (Lipinski definition) is 2. The van der Waals surface area contributed by atoms with E-state index in [2.05, 4.69) is 21.4 Å². The number of para-hydroxylation sites is 1. The topological polar surface area (TPSA) is 57.8 Å². The normalized spacial score (nSPS) is 21.3. The molecule has 1 aliphatic rings. The molecule has 3 heterocycles. The summed E-state index contributed by atoms with van der Waals surface area (Å²) in [5, 5.41) is 4.46. The molecule has 0 bridgehead atoms. The molecule has 2 aromatic heterocycles. The number of nitrogens with one attached hydrogen (secondary N) is 2. The Bertz CT molecular complexity index is 809. The van der Waals surface area contributed by atoms with Crippen LogP contribution in [0.4, 0.5) is 0 Å². The second-order valence-electron chi connectivity index (χ2n) is 5.75. The van der Waals surface area contributed by atoms with Gasteiger partial charge in [0.05, 0.1) is 6.04 Å². The molecule has 0 radical (unpaired) electrons. The van der Waals surface area contributed by atoms with E-state index in [0.29, 0.717) is 0 Å². The SMILES string of the molecule is O=C(c1c[nH]c2ccccc12)C1CCC(c2cccnc2)N1. The molecule has 0 spiro atoms. The zero-order chi connectivity index (χ0) is 14.9. The number of rotatable bonds is 3. The van der Waals surface area contributed by atoms with E-state index in [4.69, 9.17) is 0 Å². The minimum absolute atomic E-state index is 0.121. The number of carbonyl (C=O) groups excluding carboxylic acids is 1. The standard InChI is InChI=1S/C18H17N3O/c22-18(14-11-20-16-6-2-1-5-13(14)16)17-8-7-15(21-17)12-4-3-9-19-10-12/h1-6,9-11,15,17,20-21H,7-8H2. The summed E-state index contributed by atoms with van der Waals surface area (Å²) in [7, 11) is 0. The predicted octanol–water partition coefficient (Wildman–Crippen LogP) is 3.24. The summed E-state index contributed by atoms with van der Waals surface area (Å²) in [6.07, 6.45) is 7.29. The summed E-state index contributed by atoms with van der Waals surface area (Å²) in [6, 6.07) is 12.0. The predicted molar refractivity (Wildman–Crippen MR) is 85.8 cm³/mol. The number of aromatic amines is 1. The van der Waals surface area contributed by atoms with Crippen LogP contribution in [0.1, 0.15) is 34.8 Å². The molecule has 2 unspecified atom stereocenters. The molecule has 4 rings (SSSR count). The molecule has 4 heteroatoms. The lowest BCUT2D eigenvalue weighted by molar-refractivity contribution is 0.0951. The van der Waals surface area contributed by atoms with Crippen molar-refractivity contribution in [3.8, 4) is 0 Å². The van der Waals surface area contributed by atoms with Crippen LogP contribution in [-0.4, -0.2) is 21.8 Å². The lowest BCUT2D eigenvalue weighted by atomic mass is 10.0. The molecule has 2 atom stereocenters. The Morgan fingerprint density at radius 2 is 2.05 bits per heavy atom. The third kappa shape index (κ3) is 2.22. The van der Waals surface area contributed by atoms with E-state index in [1.54, 1.807) is 6.20 Å². The molecule has 110 valence electrons. The van der Waals surface area contributed by atoms with E-state index in [0.717, 1.165) is 34.9 Å². The highest BCUT2D eigenvalue weighted by Gasteiger charge is 2.31. The van der Waals surface area contributed by atoms with Crippen LogP contribution in [0.25, 0.3) is 10.9 Å². The summed E-state index contributed by atoms with van der Waals surface area (Å²) >= 11 is 0. The number of fused-ring (bicyclic) bond motifs is 1. The first-order valence-corrected chi connectivity index (χ1v) is 7.59. The van der Waals surface area contributed by atoms with Crippen LogP contribution in [0.15, 0.2) is 55.0 Å². The summed E-state index contributed by atoms with van der Waals surface area (Å²) < 4.78 is 0. The van der Waals surface area contributed by atoms with E-state index in [1.165, 1.54) is 0 Å². The lowest BCUT2D eigenvalue weighted by Gasteiger charge is -2.13. The minimum Gasteiger partial charge on any atom is -0.360 e. The van der Waals surface area contributed by atoms with E-state index in [-0.39, 0.29) is 17.9 Å². The van der Waals surface area contributed by atoms with Gasteiger partial charge in [-0.05, 0) is 30.5 Å². The van der Waals surface area contributed by atoms with Crippen LogP contribution in [0.3, 0.4) is 0 Å². The number of carbonyl (C=O) groups is 1. The quantitative estimate of drug-likeness (QED) is 0.728. The molecule has 3 aromatic rings. The molecule has 1 fully saturated rings. The van der Waals surface area contributed by atoms with E-state index < -0.39 is 0 Å². The molecule has 1 aliphatic heterocycles. The van der Waals surface area contributed by atoms with E-state index in [1.807, 2.05) is 42.7 Å². The Morgan fingerprint density at radius 1 is 1.14 bits per heavy atom. The van der Waals surface area contributed by atoms with Crippen molar-refractivity contribution in [2.45, 2.75) is 24.9 Å². The minimum atomic E-state index is -0.121. The molecule has 4 nitrogen and oxygen atoms in total. The summed E-state index contributed by atoms with van der Waals surface area (Å²) in [4.78, 5) is 20.1. The smallest absolute Gasteiger partial charge is 0.181 e. The summed E-state index contributed by atoms with van der Waals surface area (Å²) in [5.41, 5.74) is 2.93. The van der Waals surface area contributed by atoms with Gasteiger partial charge >= 0.3 is 0 Å². The zero-order valence-electron chi connectivity index (χ0n) is 12.1. The van der Waals surface area contributed by atoms with Crippen molar-refractivity contribution in [1.82, 2.24) is 15.3 Å². The second-order valence-corrected chi connectivity index (χ2v) is 5.75. The largest absolute Gasteiger partial charge is 0.360 e. The van der Waals surface area contributed by atoms with Gasteiger partial charge in [-0.2, -0.15) is 0 Å². The summed E-state index contributed by atoms with van der Waals surface area (Å²) in [6.45, 7) is 0. The van der Waals surface area contributed by atoms with Crippen LogP contribution in [-0.2, 0) is 0 Å². The van der Waals surface area contributed by atoms with Gasteiger partial charge in [-0.3, -0.25) is 9.78 Å². The number of pyridine rings is 1. The molecule has 0 aliphatic carbocycles. The zero-order valence-corrected chi connectivity index (χ0v) is 12.1. The highest BCUT2D eigenvalue weighted by Crippen LogP contribution is 2.29. The van der Waals surface area contributed by atoms with Gasteiger partial charge in [-0.15, -0.1) is 0 Å². The molecular formula is C18H17N3O. The Labute approximate surface area is 128 Å². The van der Waals surface area contributed by atoms with Crippen molar-refractivity contribution in [2.75, 3.05) is 0 Å². The molecule has 0 amide bonds. The molecule has 22 heavy (non-hydrogen) atoms. The van der Waals surface area contributed by atoms with Gasteiger partial charge in [0.15, 0.2) is 5.78 Å².